The summed E-state index contributed by atoms with van der Waals surface area (Å²) in [6.45, 7) is 3.91. The molecular formula is C18H20BrClN4O2. The summed E-state index contributed by atoms with van der Waals surface area (Å²) in [6, 6.07) is 7.49. The van der Waals surface area contributed by atoms with Gasteiger partial charge in [0.1, 0.15) is 4.60 Å². The number of benzene rings is 1. The number of rotatable bonds is 5. The van der Waals surface area contributed by atoms with Crippen LogP contribution in [0.2, 0.25) is 5.02 Å². The molecule has 0 fully saturated rings. The molecule has 0 amide bonds. The zero-order valence-corrected chi connectivity index (χ0v) is 17.1. The van der Waals surface area contributed by atoms with E-state index in [1.165, 1.54) is 0 Å². The summed E-state index contributed by atoms with van der Waals surface area (Å²) in [7, 11) is 1.75. The van der Waals surface area contributed by atoms with Crippen LogP contribution in [-0.2, 0) is 13.6 Å². The molecule has 3 rings (SSSR count). The monoisotopic (exact) mass is 438 g/mol. The average molecular weight is 440 g/mol. The van der Waals surface area contributed by atoms with Crippen LogP contribution >= 0.6 is 27.5 Å². The molecule has 0 aliphatic rings. The molecule has 138 valence electrons. The lowest BCUT2D eigenvalue weighted by Crippen LogP contribution is -2.27. The molecule has 0 saturated heterocycles. The molecule has 0 aliphatic carbocycles. The fourth-order valence-electron chi connectivity index (χ4n) is 2.75. The van der Waals surface area contributed by atoms with Crippen molar-refractivity contribution in [2.45, 2.75) is 32.4 Å². The predicted octanol–water partition coefficient (Wildman–Crippen LogP) is 4.06. The van der Waals surface area contributed by atoms with Gasteiger partial charge >= 0.3 is 5.69 Å². The first-order chi connectivity index (χ1) is 12.2. The Morgan fingerprint density at radius 1 is 1.31 bits per heavy atom. The van der Waals surface area contributed by atoms with E-state index in [0.717, 1.165) is 16.7 Å². The van der Waals surface area contributed by atoms with Crippen molar-refractivity contribution in [1.29, 1.82) is 0 Å². The summed E-state index contributed by atoms with van der Waals surface area (Å²) in [6.07, 6.45) is 2.04. The van der Waals surface area contributed by atoms with Crippen molar-refractivity contribution in [3.63, 3.8) is 0 Å². The Morgan fingerprint density at radius 2 is 2.04 bits per heavy atom. The van der Waals surface area contributed by atoms with Gasteiger partial charge < -0.3 is 10.4 Å². The zero-order valence-electron chi connectivity index (χ0n) is 14.8. The van der Waals surface area contributed by atoms with Gasteiger partial charge in [-0.2, -0.15) is 0 Å². The first kappa shape index (κ1) is 18.9. The van der Waals surface area contributed by atoms with Crippen molar-refractivity contribution in [3.8, 4) is 0 Å². The molecule has 2 N–H and O–H groups in total. The Labute approximate surface area is 164 Å². The number of nitrogens with zero attached hydrogens (tertiary/aromatic N) is 3. The largest absolute Gasteiger partial charge is 0.390 e. The van der Waals surface area contributed by atoms with Crippen molar-refractivity contribution < 1.29 is 5.11 Å². The summed E-state index contributed by atoms with van der Waals surface area (Å²) in [4.78, 5) is 16.6. The Bertz CT molecular complexity index is 1020. The van der Waals surface area contributed by atoms with Crippen LogP contribution in [-0.4, -0.2) is 24.8 Å². The van der Waals surface area contributed by atoms with Gasteiger partial charge in [0.2, 0.25) is 0 Å². The number of hydrogen-bond donors (Lipinski definition) is 2. The first-order valence-electron chi connectivity index (χ1n) is 8.15. The highest BCUT2D eigenvalue weighted by molar-refractivity contribution is 9.10. The highest BCUT2D eigenvalue weighted by Crippen LogP contribution is 2.28. The summed E-state index contributed by atoms with van der Waals surface area (Å²) in [5.74, 6) is 0. The topological polar surface area (TPSA) is 72.1 Å². The van der Waals surface area contributed by atoms with Gasteiger partial charge in [-0.25, -0.2) is 9.78 Å². The summed E-state index contributed by atoms with van der Waals surface area (Å²) >= 11 is 9.52. The number of hydrogen-bond acceptors (Lipinski definition) is 4. The van der Waals surface area contributed by atoms with Gasteiger partial charge in [0, 0.05) is 25.5 Å². The van der Waals surface area contributed by atoms with E-state index in [1.54, 1.807) is 42.3 Å². The van der Waals surface area contributed by atoms with Gasteiger partial charge in [-0.1, -0.05) is 11.6 Å². The molecule has 0 bridgehead atoms. The average Bonchev–Trinajstić information content (AvgIpc) is 2.79. The molecule has 0 radical (unpaired) electrons. The summed E-state index contributed by atoms with van der Waals surface area (Å²) in [5, 5.41) is 13.8. The molecule has 3 aromatic rings. The van der Waals surface area contributed by atoms with Crippen LogP contribution in [0.1, 0.15) is 20.3 Å². The lowest BCUT2D eigenvalue weighted by molar-refractivity contribution is 0.0662. The number of imidazole rings is 1. The van der Waals surface area contributed by atoms with E-state index in [0.29, 0.717) is 28.3 Å². The second kappa shape index (κ2) is 7.06. The Balaban J connectivity index is 2.01. The number of pyridine rings is 1. The lowest BCUT2D eigenvalue weighted by atomic mass is 10.1. The molecule has 8 heteroatoms. The van der Waals surface area contributed by atoms with Crippen LogP contribution < -0.4 is 11.0 Å². The van der Waals surface area contributed by atoms with Gasteiger partial charge in [0.05, 0.1) is 27.3 Å². The normalized spacial score (nSPS) is 11.9. The predicted molar refractivity (Wildman–Crippen MR) is 108 cm³/mol. The van der Waals surface area contributed by atoms with Crippen LogP contribution in [0.5, 0.6) is 0 Å². The minimum absolute atomic E-state index is 0.105. The third-order valence-electron chi connectivity index (χ3n) is 4.19. The minimum atomic E-state index is -0.839. The summed E-state index contributed by atoms with van der Waals surface area (Å²) < 4.78 is 3.97. The Kier molecular flexibility index (Phi) is 5.14. The van der Waals surface area contributed by atoms with Crippen molar-refractivity contribution in [1.82, 2.24) is 14.1 Å². The van der Waals surface area contributed by atoms with Crippen LogP contribution in [0.15, 0.2) is 39.9 Å². The number of halogens is 2. The maximum atomic E-state index is 12.6. The van der Waals surface area contributed by atoms with Crippen molar-refractivity contribution >= 4 is 49.9 Å². The summed E-state index contributed by atoms with van der Waals surface area (Å²) in [5.41, 5.74) is 2.21. The maximum Gasteiger partial charge on any atom is 0.328 e. The van der Waals surface area contributed by atoms with E-state index in [1.807, 2.05) is 18.2 Å². The zero-order chi connectivity index (χ0) is 19.1. The van der Waals surface area contributed by atoms with Gasteiger partial charge in [-0.05, 0) is 60.5 Å². The van der Waals surface area contributed by atoms with Gasteiger partial charge in [-0.15, -0.1) is 0 Å². The molecule has 0 saturated carbocycles. The van der Waals surface area contributed by atoms with Crippen LogP contribution in [0.3, 0.4) is 0 Å². The number of aryl methyl sites for hydroxylation is 2. The SMILES string of the molecule is Cn1c(=O)n(CCC(C)(C)O)c2cc(Nc3cc(Br)ncc3Cl)ccc21. The quantitative estimate of drug-likeness (QED) is 0.588. The maximum absolute atomic E-state index is 12.6. The standard InChI is InChI=1S/C18H20BrClN4O2/c1-18(2,26)6-7-24-15-8-11(4-5-14(15)23(3)17(24)25)22-13-9-16(19)21-10-12(13)20/h4-5,8-10,26H,6-7H2,1-3H3,(H,21,22). The van der Waals surface area contributed by atoms with E-state index in [9.17, 15) is 9.90 Å². The van der Waals surface area contributed by atoms with Crippen LogP contribution in [0.25, 0.3) is 11.0 Å². The molecule has 6 nitrogen and oxygen atoms in total. The second-order valence-electron chi connectivity index (χ2n) is 6.87. The van der Waals surface area contributed by atoms with Gasteiger partial charge in [-0.3, -0.25) is 9.13 Å². The van der Waals surface area contributed by atoms with Gasteiger partial charge in [0.25, 0.3) is 0 Å². The molecule has 2 heterocycles. The fourth-order valence-corrected chi connectivity index (χ4v) is 3.24. The highest BCUT2D eigenvalue weighted by atomic mass is 79.9. The molecule has 0 unspecified atom stereocenters. The molecule has 0 aliphatic heterocycles. The first-order valence-corrected chi connectivity index (χ1v) is 9.32. The smallest absolute Gasteiger partial charge is 0.328 e. The van der Waals surface area contributed by atoms with Crippen molar-refractivity contribution in [3.05, 3.63) is 50.6 Å². The molecule has 1 aromatic carbocycles. The number of fused-ring (bicyclic) bond motifs is 1. The molecule has 2 aromatic heterocycles. The third kappa shape index (κ3) is 3.95. The van der Waals surface area contributed by atoms with E-state index >= 15 is 0 Å². The molecule has 26 heavy (non-hydrogen) atoms. The van der Waals surface area contributed by atoms with E-state index in [2.05, 4.69) is 26.2 Å². The number of anilines is 2. The Hall–Kier alpha value is -1.83. The van der Waals surface area contributed by atoms with Crippen molar-refractivity contribution in [2.24, 2.45) is 7.05 Å². The van der Waals surface area contributed by atoms with Crippen LogP contribution in [0.4, 0.5) is 11.4 Å². The van der Waals surface area contributed by atoms with Crippen LogP contribution in [0, 0.1) is 0 Å². The number of nitrogens with one attached hydrogen (secondary N) is 1. The van der Waals surface area contributed by atoms with Crippen molar-refractivity contribution in [2.75, 3.05) is 5.32 Å². The Morgan fingerprint density at radius 3 is 2.73 bits per heavy atom. The van der Waals surface area contributed by atoms with Gasteiger partial charge in [0.15, 0.2) is 0 Å². The second-order valence-corrected chi connectivity index (χ2v) is 8.09. The molecule has 0 atom stereocenters. The lowest BCUT2D eigenvalue weighted by Gasteiger charge is -2.17. The van der Waals surface area contributed by atoms with E-state index in [4.69, 9.17) is 11.6 Å². The number of aliphatic hydroxyl groups is 1. The molecule has 0 spiro atoms. The molecular weight excluding hydrogens is 420 g/mol. The van der Waals surface area contributed by atoms with E-state index < -0.39 is 5.60 Å². The minimum Gasteiger partial charge on any atom is -0.390 e. The third-order valence-corrected chi connectivity index (χ3v) is 4.93. The number of aromatic nitrogens is 3. The fraction of sp³-hybridized carbons (Fsp3) is 0.333. The van der Waals surface area contributed by atoms with E-state index in [-0.39, 0.29) is 5.69 Å². The highest BCUT2D eigenvalue weighted by Gasteiger charge is 2.17.